The molecule has 0 amide bonds. The fourth-order valence-electron chi connectivity index (χ4n) is 5.36. The summed E-state index contributed by atoms with van der Waals surface area (Å²) in [5.41, 5.74) is -0.710. The highest BCUT2D eigenvalue weighted by atomic mass is 32.1. The predicted molar refractivity (Wildman–Crippen MR) is 146 cm³/mol. The number of alkyl halides is 3. The van der Waals surface area contributed by atoms with E-state index in [2.05, 4.69) is 20.3 Å². The largest absolute Gasteiger partial charge is 0.481 e. The first-order chi connectivity index (χ1) is 19.2. The number of hydrogen-bond donors (Lipinski definition) is 3. The Morgan fingerprint density at radius 3 is 2.41 bits per heavy atom. The zero-order valence-electron chi connectivity index (χ0n) is 22.0. The van der Waals surface area contributed by atoms with E-state index in [1.807, 2.05) is 19.9 Å². The summed E-state index contributed by atoms with van der Waals surface area (Å²) < 4.78 is 53.2. The number of aliphatic carboxylic acids is 1. The third-order valence-electron chi connectivity index (χ3n) is 7.34. The first kappa shape index (κ1) is 28.6. The number of carboxylic acid groups (broad SMARTS) is 1. The van der Waals surface area contributed by atoms with E-state index in [-0.39, 0.29) is 18.8 Å². The topological polar surface area (TPSA) is 108 Å². The maximum absolute atomic E-state index is 13.6. The zero-order valence-corrected chi connectivity index (χ0v) is 22.9. The summed E-state index contributed by atoms with van der Waals surface area (Å²) in [6, 6.07) is 11.8. The van der Waals surface area contributed by atoms with Crippen molar-refractivity contribution in [3.8, 4) is 21.6 Å². The molecule has 1 saturated carbocycles. The van der Waals surface area contributed by atoms with Gasteiger partial charge in [-0.15, -0.1) is 11.3 Å². The van der Waals surface area contributed by atoms with E-state index in [0.29, 0.717) is 38.7 Å². The molecule has 214 valence electrons. The second-order valence-electron chi connectivity index (χ2n) is 10.9. The number of hydrogen-bond acceptors (Lipinski definition) is 7. The van der Waals surface area contributed by atoms with Gasteiger partial charge >= 0.3 is 12.1 Å². The van der Waals surface area contributed by atoms with Crippen LogP contribution in [-0.4, -0.2) is 31.1 Å². The van der Waals surface area contributed by atoms with E-state index in [1.54, 1.807) is 30.5 Å². The summed E-state index contributed by atoms with van der Waals surface area (Å²) in [6.07, 6.45) is -1.26. The number of aliphatic hydroxyl groups is 1. The highest BCUT2D eigenvalue weighted by Crippen LogP contribution is 2.51. The fourth-order valence-corrected chi connectivity index (χ4v) is 6.38. The average Bonchev–Trinajstić information content (AvgIpc) is 3.39. The Hall–Kier alpha value is -3.90. The second kappa shape index (κ2) is 10.5. The molecular weight excluding hydrogens is 560 g/mol. The minimum atomic E-state index is -4.64. The molecule has 0 bridgehead atoms. The van der Waals surface area contributed by atoms with Gasteiger partial charge < -0.3 is 15.5 Å². The quantitative estimate of drug-likeness (QED) is 0.204. The number of thiazole rings is 1. The van der Waals surface area contributed by atoms with Crippen LogP contribution in [0.2, 0.25) is 0 Å². The molecule has 5 rings (SSSR count). The lowest BCUT2D eigenvalue weighted by atomic mass is 9.63. The average molecular weight is 587 g/mol. The summed E-state index contributed by atoms with van der Waals surface area (Å²) in [6.45, 7) is 3.65. The van der Waals surface area contributed by atoms with Crippen molar-refractivity contribution in [3.63, 3.8) is 0 Å². The van der Waals surface area contributed by atoms with Crippen molar-refractivity contribution in [2.45, 2.75) is 44.9 Å². The van der Waals surface area contributed by atoms with E-state index >= 15 is 0 Å². The van der Waals surface area contributed by atoms with Gasteiger partial charge in [-0.2, -0.15) is 13.2 Å². The van der Waals surface area contributed by atoms with Crippen LogP contribution in [-0.2, 0) is 16.6 Å². The lowest BCUT2D eigenvalue weighted by molar-refractivity contribution is -0.154. The number of carboxylic acids is 1. The standard InChI is InChI=1S/C29H26F4N4O3S/c1-27(2)15-28(40,9-7-21(27)24(38)39)25-35-14-22(41-25)18-11-17(16-3-5-19(30)6-4-16)12-20(13-18)36-26-34-10-8-23(37-26)29(31,32)33/h3-6,8,10-14,21,40H,7,9,15H2,1-2H3,(H,38,39)(H,34,36,37). The monoisotopic (exact) mass is 586 g/mol. The zero-order chi connectivity index (χ0) is 29.6. The Morgan fingerprint density at radius 1 is 1.05 bits per heavy atom. The van der Waals surface area contributed by atoms with Crippen molar-refractivity contribution >= 4 is 28.9 Å². The van der Waals surface area contributed by atoms with Gasteiger partial charge in [0.2, 0.25) is 5.95 Å². The molecule has 2 heterocycles. The molecule has 7 nitrogen and oxygen atoms in total. The molecular formula is C29H26F4N4O3S. The van der Waals surface area contributed by atoms with Crippen molar-refractivity contribution in [1.29, 1.82) is 0 Å². The lowest BCUT2D eigenvalue weighted by Crippen LogP contribution is -2.44. The van der Waals surface area contributed by atoms with Gasteiger partial charge in [-0.25, -0.2) is 19.3 Å². The van der Waals surface area contributed by atoms with E-state index in [0.717, 1.165) is 12.3 Å². The Labute approximate surface area is 237 Å². The highest BCUT2D eigenvalue weighted by Gasteiger charge is 2.49. The molecule has 0 radical (unpaired) electrons. The van der Waals surface area contributed by atoms with Crippen LogP contribution in [0.25, 0.3) is 21.6 Å². The van der Waals surface area contributed by atoms with Crippen LogP contribution >= 0.6 is 11.3 Å². The lowest BCUT2D eigenvalue weighted by Gasteiger charge is -2.44. The molecule has 1 aliphatic rings. The van der Waals surface area contributed by atoms with E-state index in [4.69, 9.17) is 0 Å². The minimum Gasteiger partial charge on any atom is -0.481 e. The van der Waals surface area contributed by atoms with Gasteiger partial charge in [-0.3, -0.25) is 4.79 Å². The molecule has 4 aromatic rings. The van der Waals surface area contributed by atoms with E-state index < -0.39 is 40.6 Å². The molecule has 0 spiro atoms. The van der Waals surface area contributed by atoms with Gasteiger partial charge in [0.05, 0.1) is 10.8 Å². The molecule has 2 aromatic heterocycles. The molecule has 1 aliphatic carbocycles. The van der Waals surface area contributed by atoms with Crippen molar-refractivity contribution < 1.29 is 32.6 Å². The van der Waals surface area contributed by atoms with Gasteiger partial charge in [0, 0.05) is 18.1 Å². The molecule has 41 heavy (non-hydrogen) atoms. The van der Waals surface area contributed by atoms with Crippen LogP contribution in [0.3, 0.4) is 0 Å². The molecule has 3 N–H and O–H groups in total. The molecule has 2 aromatic carbocycles. The number of rotatable bonds is 6. The molecule has 2 atom stereocenters. The Kier molecular flexibility index (Phi) is 7.33. The molecule has 1 fully saturated rings. The summed E-state index contributed by atoms with van der Waals surface area (Å²) in [4.78, 5) is 24.4. The predicted octanol–water partition coefficient (Wildman–Crippen LogP) is 7.27. The summed E-state index contributed by atoms with van der Waals surface area (Å²) in [5.74, 6) is -2.14. The Morgan fingerprint density at radius 2 is 1.76 bits per heavy atom. The van der Waals surface area contributed by atoms with E-state index in [9.17, 15) is 32.6 Å². The van der Waals surface area contributed by atoms with Crippen LogP contribution < -0.4 is 5.32 Å². The van der Waals surface area contributed by atoms with Gasteiger partial charge in [-0.05, 0) is 77.8 Å². The number of nitrogens with zero attached hydrogens (tertiary/aromatic N) is 3. The first-order valence-electron chi connectivity index (χ1n) is 12.7. The van der Waals surface area contributed by atoms with Crippen molar-refractivity contribution in [3.05, 3.63) is 77.4 Å². The number of nitrogens with one attached hydrogen (secondary N) is 1. The van der Waals surface area contributed by atoms with Gasteiger partial charge in [-0.1, -0.05) is 26.0 Å². The Balaban J connectivity index is 1.52. The van der Waals surface area contributed by atoms with Crippen molar-refractivity contribution in [1.82, 2.24) is 15.0 Å². The molecule has 0 aliphatic heterocycles. The molecule has 12 heteroatoms. The summed E-state index contributed by atoms with van der Waals surface area (Å²) >= 11 is 1.25. The normalized spacial score (nSPS) is 20.5. The third kappa shape index (κ3) is 6.08. The second-order valence-corrected chi connectivity index (χ2v) is 11.9. The van der Waals surface area contributed by atoms with Crippen molar-refractivity contribution in [2.75, 3.05) is 5.32 Å². The van der Waals surface area contributed by atoms with E-state index in [1.165, 1.54) is 23.5 Å². The Bertz CT molecular complexity index is 1590. The van der Waals surface area contributed by atoms with Gasteiger partial charge in [0.15, 0.2) is 0 Å². The van der Waals surface area contributed by atoms with Crippen LogP contribution in [0.5, 0.6) is 0 Å². The van der Waals surface area contributed by atoms with Crippen molar-refractivity contribution in [2.24, 2.45) is 11.3 Å². The summed E-state index contributed by atoms with van der Waals surface area (Å²) in [7, 11) is 0. The minimum absolute atomic E-state index is 0.221. The van der Waals surface area contributed by atoms with Crippen LogP contribution in [0, 0.1) is 17.2 Å². The van der Waals surface area contributed by atoms with Gasteiger partial charge in [0.1, 0.15) is 22.1 Å². The highest BCUT2D eigenvalue weighted by molar-refractivity contribution is 7.15. The third-order valence-corrected chi connectivity index (χ3v) is 8.58. The molecule has 2 unspecified atom stereocenters. The van der Waals surface area contributed by atoms with Crippen LogP contribution in [0.4, 0.5) is 29.2 Å². The number of anilines is 2. The fraction of sp³-hybridized carbons (Fsp3) is 0.310. The number of benzene rings is 2. The number of carbonyl (C=O) groups is 1. The SMILES string of the molecule is CC1(C)CC(O)(c2ncc(-c3cc(Nc4nccc(C(F)(F)F)n4)cc(-c4ccc(F)cc4)c3)s2)CCC1C(=O)O. The van der Waals surface area contributed by atoms with Crippen LogP contribution in [0.1, 0.15) is 43.8 Å². The van der Waals surface area contributed by atoms with Crippen LogP contribution in [0.15, 0.2) is 60.9 Å². The maximum Gasteiger partial charge on any atom is 0.433 e. The first-order valence-corrected chi connectivity index (χ1v) is 13.6. The molecule has 0 saturated heterocycles. The number of aromatic nitrogens is 3. The number of halogens is 4. The smallest absolute Gasteiger partial charge is 0.433 e. The maximum atomic E-state index is 13.6. The summed E-state index contributed by atoms with van der Waals surface area (Å²) in [5, 5.41) is 24.4. The van der Waals surface area contributed by atoms with Gasteiger partial charge in [0.25, 0.3) is 0 Å².